The molecule has 0 fully saturated rings. The predicted octanol–water partition coefficient (Wildman–Crippen LogP) is 3.81. The number of H-pyrrole nitrogens is 1. The lowest BCUT2D eigenvalue weighted by Crippen LogP contribution is -1.95. The van der Waals surface area contributed by atoms with Crippen molar-refractivity contribution in [3.05, 3.63) is 64.4 Å². The van der Waals surface area contributed by atoms with E-state index in [4.69, 9.17) is 17.0 Å². The van der Waals surface area contributed by atoms with Crippen molar-refractivity contribution in [3.8, 4) is 17.1 Å². The van der Waals surface area contributed by atoms with E-state index in [1.807, 2.05) is 49.4 Å². The molecule has 0 unspecified atom stereocenters. The Kier molecular flexibility index (Phi) is 4.34. The van der Waals surface area contributed by atoms with Crippen LogP contribution in [0.1, 0.15) is 11.1 Å². The molecule has 2 aromatic carbocycles. The Labute approximate surface area is 139 Å². The molecule has 1 heterocycles. The fraction of sp³-hybridized carbons (Fsp3) is 0.118. The maximum absolute atomic E-state index is 5.28. The van der Waals surface area contributed by atoms with Crippen LogP contribution in [0.4, 0.5) is 0 Å². The summed E-state index contributed by atoms with van der Waals surface area (Å²) in [6, 6.07) is 15.7. The first kappa shape index (κ1) is 15.2. The summed E-state index contributed by atoms with van der Waals surface area (Å²) in [7, 11) is 1.63. The molecule has 0 aliphatic carbocycles. The van der Waals surface area contributed by atoms with E-state index in [0.717, 1.165) is 16.9 Å². The molecule has 6 heteroatoms. The van der Waals surface area contributed by atoms with Crippen LogP contribution < -0.4 is 4.74 Å². The first-order valence-corrected chi connectivity index (χ1v) is 7.51. The Morgan fingerprint density at radius 2 is 2.04 bits per heavy atom. The molecule has 3 aromatic rings. The van der Waals surface area contributed by atoms with Gasteiger partial charge in [-0.3, -0.25) is 0 Å². The Morgan fingerprint density at radius 3 is 2.83 bits per heavy atom. The molecule has 0 saturated heterocycles. The zero-order valence-electron chi connectivity index (χ0n) is 12.9. The predicted molar refractivity (Wildman–Crippen MR) is 93.6 cm³/mol. The van der Waals surface area contributed by atoms with E-state index >= 15 is 0 Å². The number of rotatable bonds is 4. The summed E-state index contributed by atoms with van der Waals surface area (Å²) in [6.07, 6.45) is 1.77. The molecule has 0 radical (unpaired) electrons. The van der Waals surface area contributed by atoms with Gasteiger partial charge in [-0.1, -0.05) is 42.0 Å². The van der Waals surface area contributed by atoms with Gasteiger partial charge in [0.25, 0.3) is 0 Å². The number of methoxy groups -OCH3 is 1. The highest BCUT2D eigenvalue weighted by Crippen LogP contribution is 2.22. The zero-order chi connectivity index (χ0) is 16.2. The molecule has 116 valence electrons. The number of aromatic nitrogens is 3. The monoisotopic (exact) mass is 324 g/mol. The van der Waals surface area contributed by atoms with Gasteiger partial charge < -0.3 is 4.74 Å². The van der Waals surface area contributed by atoms with Gasteiger partial charge in [0.1, 0.15) is 5.75 Å². The molecule has 5 nitrogen and oxygen atoms in total. The highest BCUT2D eigenvalue weighted by atomic mass is 32.1. The van der Waals surface area contributed by atoms with E-state index in [2.05, 4.69) is 21.4 Å². The SMILES string of the molecule is COc1cccc(-c2n[nH]c(=S)n2N=Cc2cccc(C)c2)c1. The molecule has 0 aliphatic heterocycles. The maximum atomic E-state index is 5.28. The summed E-state index contributed by atoms with van der Waals surface area (Å²) in [5, 5.41) is 11.5. The van der Waals surface area contributed by atoms with Crippen molar-refractivity contribution in [3.63, 3.8) is 0 Å². The summed E-state index contributed by atoms with van der Waals surface area (Å²) >= 11 is 5.28. The quantitative estimate of drug-likeness (QED) is 0.586. The maximum Gasteiger partial charge on any atom is 0.216 e. The van der Waals surface area contributed by atoms with Gasteiger partial charge >= 0.3 is 0 Å². The van der Waals surface area contributed by atoms with Crippen LogP contribution >= 0.6 is 12.2 Å². The van der Waals surface area contributed by atoms with E-state index in [0.29, 0.717) is 10.6 Å². The number of benzene rings is 2. The molecule has 3 rings (SSSR count). The van der Waals surface area contributed by atoms with Crippen molar-refractivity contribution >= 4 is 18.4 Å². The van der Waals surface area contributed by atoms with Crippen LogP contribution in [0.5, 0.6) is 5.75 Å². The average molecular weight is 324 g/mol. The van der Waals surface area contributed by atoms with Crippen LogP contribution in [-0.4, -0.2) is 28.2 Å². The minimum atomic E-state index is 0.437. The molecule has 0 aliphatic rings. The average Bonchev–Trinajstić information content (AvgIpc) is 2.94. The van der Waals surface area contributed by atoms with E-state index in [9.17, 15) is 0 Å². The molecule has 0 spiro atoms. The topological polar surface area (TPSA) is 55.2 Å². The molecule has 0 atom stereocenters. The van der Waals surface area contributed by atoms with E-state index in [-0.39, 0.29) is 0 Å². The molecule has 23 heavy (non-hydrogen) atoms. The summed E-state index contributed by atoms with van der Waals surface area (Å²) in [6.45, 7) is 2.04. The van der Waals surface area contributed by atoms with Crippen molar-refractivity contribution in [1.82, 2.24) is 14.9 Å². The molecule has 0 saturated carbocycles. The second-order valence-electron chi connectivity index (χ2n) is 5.05. The standard InChI is InChI=1S/C17H16N4OS/c1-12-5-3-6-13(9-12)11-18-21-16(19-20-17(21)23)14-7-4-8-15(10-14)22-2/h3-11H,1-2H3,(H,20,23). The van der Waals surface area contributed by atoms with Crippen LogP contribution in [0, 0.1) is 11.7 Å². The van der Waals surface area contributed by atoms with E-state index in [1.165, 1.54) is 5.56 Å². The van der Waals surface area contributed by atoms with Gasteiger partial charge in [0.2, 0.25) is 4.77 Å². The van der Waals surface area contributed by atoms with Gasteiger partial charge in [-0.2, -0.15) is 14.9 Å². The minimum absolute atomic E-state index is 0.437. The summed E-state index contributed by atoms with van der Waals surface area (Å²) in [5.41, 5.74) is 3.06. The Balaban J connectivity index is 2.00. The summed E-state index contributed by atoms with van der Waals surface area (Å²) < 4.78 is 7.29. The third-order valence-electron chi connectivity index (χ3n) is 3.34. The van der Waals surface area contributed by atoms with Gasteiger partial charge in [-0.25, -0.2) is 5.10 Å². The number of ether oxygens (including phenoxy) is 1. The van der Waals surface area contributed by atoms with Crippen LogP contribution in [0.25, 0.3) is 11.4 Å². The summed E-state index contributed by atoms with van der Waals surface area (Å²) in [5.74, 6) is 1.39. The minimum Gasteiger partial charge on any atom is -0.497 e. The normalized spacial score (nSPS) is 11.0. The second-order valence-corrected chi connectivity index (χ2v) is 5.44. The smallest absolute Gasteiger partial charge is 0.216 e. The second kappa shape index (κ2) is 6.58. The largest absolute Gasteiger partial charge is 0.497 e. The Hall–Kier alpha value is -2.73. The lowest BCUT2D eigenvalue weighted by Gasteiger charge is -2.04. The van der Waals surface area contributed by atoms with Gasteiger partial charge in [0.15, 0.2) is 5.82 Å². The molecule has 1 N–H and O–H groups in total. The molecule has 0 amide bonds. The van der Waals surface area contributed by atoms with Crippen molar-refractivity contribution in [1.29, 1.82) is 0 Å². The van der Waals surface area contributed by atoms with Crippen LogP contribution in [-0.2, 0) is 0 Å². The van der Waals surface area contributed by atoms with Gasteiger partial charge in [0, 0.05) is 5.56 Å². The van der Waals surface area contributed by atoms with Crippen LogP contribution in [0.3, 0.4) is 0 Å². The molecule has 1 aromatic heterocycles. The van der Waals surface area contributed by atoms with Gasteiger partial charge in [-0.15, -0.1) is 0 Å². The number of nitrogens with zero attached hydrogens (tertiary/aromatic N) is 3. The number of hydrogen-bond donors (Lipinski definition) is 1. The zero-order valence-corrected chi connectivity index (χ0v) is 13.7. The highest BCUT2D eigenvalue weighted by Gasteiger charge is 2.08. The van der Waals surface area contributed by atoms with Crippen LogP contribution in [0.15, 0.2) is 53.6 Å². The lowest BCUT2D eigenvalue weighted by molar-refractivity contribution is 0.415. The van der Waals surface area contributed by atoms with Crippen molar-refractivity contribution in [2.45, 2.75) is 6.92 Å². The summed E-state index contributed by atoms with van der Waals surface area (Å²) in [4.78, 5) is 0. The van der Waals surface area contributed by atoms with Gasteiger partial charge in [0.05, 0.1) is 13.3 Å². The van der Waals surface area contributed by atoms with Gasteiger partial charge in [-0.05, 0) is 36.8 Å². The first-order chi connectivity index (χ1) is 11.2. The number of nitrogens with one attached hydrogen (secondary N) is 1. The fourth-order valence-corrected chi connectivity index (χ4v) is 2.40. The third-order valence-corrected chi connectivity index (χ3v) is 3.61. The molecular weight excluding hydrogens is 308 g/mol. The highest BCUT2D eigenvalue weighted by molar-refractivity contribution is 7.71. The Bertz CT molecular complexity index is 911. The molecular formula is C17H16N4OS. The van der Waals surface area contributed by atoms with Crippen molar-refractivity contribution < 1.29 is 4.74 Å². The fourth-order valence-electron chi connectivity index (χ4n) is 2.22. The lowest BCUT2D eigenvalue weighted by atomic mass is 10.2. The number of aromatic amines is 1. The van der Waals surface area contributed by atoms with E-state index < -0.39 is 0 Å². The Morgan fingerprint density at radius 1 is 1.22 bits per heavy atom. The number of aryl methyl sites for hydroxylation is 1. The first-order valence-electron chi connectivity index (χ1n) is 7.10. The van der Waals surface area contributed by atoms with Crippen LogP contribution in [0.2, 0.25) is 0 Å². The molecule has 0 bridgehead atoms. The van der Waals surface area contributed by atoms with Crippen molar-refractivity contribution in [2.24, 2.45) is 5.10 Å². The third kappa shape index (κ3) is 3.37. The van der Waals surface area contributed by atoms with Crippen molar-refractivity contribution in [2.75, 3.05) is 7.11 Å². The number of hydrogen-bond acceptors (Lipinski definition) is 4. The van der Waals surface area contributed by atoms with E-state index in [1.54, 1.807) is 18.0 Å².